The second kappa shape index (κ2) is 9.38. The number of ether oxygens (including phenoxy) is 1. The molecule has 1 N–H and O–H groups in total. The average molecular weight is 414 g/mol. The van der Waals surface area contributed by atoms with Crippen molar-refractivity contribution in [2.75, 3.05) is 0 Å². The summed E-state index contributed by atoms with van der Waals surface area (Å²) in [6, 6.07) is 28.7. The number of carbonyl (C=O) groups excluding carboxylic acids is 1. The number of fused-ring (bicyclic) bond motifs is 1. The Bertz CT molecular complexity index is 956. The minimum absolute atomic E-state index is 0.0274. The summed E-state index contributed by atoms with van der Waals surface area (Å²) in [7, 11) is 0. The largest absolute Gasteiger partial charge is 0.487 e. The molecule has 3 nitrogen and oxygen atoms in total. The summed E-state index contributed by atoms with van der Waals surface area (Å²) in [5.74, 6) is 0.991. The highest BCUT2D eigenvalue weighted by molar-refractivity contribution is 5.78. The molecular weight excluding hydrogens is 382 g/mol. The van der Waals surface area contributed by atoms with E-state index in [1.54, 1.807) is 0 Å². The van der Waals surface area contributed by atoms with Crippen LogP contribution in [0.15, 0.2) is 84.9 Å². The van der Waals surface area contributed by atoms with E-state index < -0.39 is 0 Å². The van der Waals surface area contributed by atoms with Crippen LogP contribution in [0, 0.1) is 0 Å². The quantitative estimate of drug-likeness (QED) is 0.486. The van der Waals surface area contributed by atoms with E-state index in [-0.39, 0.29) is 23.5 Å². The molecule has 1 aliphatic rings. The molecule has 0 aromatic heterocycles. The van der Waals surface area contributed by atoms with Crippen molar-refractivity contribution in [2.24, 2.45) is 0 Å². The van der Waals surface area contributed by atoms with Gasteiger partial charge in [0.2, 0.25) is 5.91 Å². The Morgan fingerprint density at radius 3 is 2.03 bits per heavy atom. The highest BCUT2D eigenvalue weighted by atomic mass is 16.5. The van der Waals surface area contributed by atoms with Crippen molar-refractivity contribution >= 4 is 5.91 Å². The zero-order valence-electron chi connectivity index (χ0n) is 18.4. The second-order valence-electron chi connectivity index (χ2n) is 8.43. The van der Waals surface area contributed by atoms with Crippen LogP contribution in [0.3, 0.4) is 0 Å². The van der Waals surface area contributed by atoms with Crippen LogP contribution in [0.25, 0.3) is 0 Å². The standard InChI is InChI=1S/C28H31NO2/c1-3-28(4-2)20-25(23-17-11-12-18-26(23)31-28)29-27(30)19-24(21-13-7-5-8-14-21)22-15-9-6-10-16-22/h5-18,24-25H,3-4,19-20H2,1-2H3,(H,29,30)/t25-/m1/s1. The first-order chi connectivity index (χ1) is 15.1. The van der Waals surface area contributed by atoms with Gasteiger partial charge < -0.3 is 10.1 Å². The Labute approximate surface area is 185 Å². The van der Waals surface area contributed by atoms with Crippen molar-refractivity contribution in [2.45, 2.75) is 57.1 Å². The summed E-state index contributed by atoms with van der Waals surface area (Å²) in [5.41, 5.74) is 3.16. The molecule has 160 valence electrons. The predicted molar refractivity (Wildman–Crippen MR) is 125 cm³/mol. The molecule has 1 amide bonds. The molecule has 4 rings (SSSR count). The first-order valence-corrected chi connectivity index (χ1v) is 11.3. The maximum Gasteiger partial charge on any atom is 0.221 e. The lowest BCUT2D eigenvalue weighted by molar-refractivity contribution is -0.122. The van der Waals surface area contributed by atoms with Crippen molar-refractivity contribution in [1.82, 2.24) is 5.32 Å². The van der Waals surface area contributed by atoms with E-state index in [1.165, 1.54) is 0 Å². The normalized spacial score (nSPS) is 16.9. The summed E-state index contributed by atoms with van der Waals surface area (Å²) in [5, 5.41) is 3.35. The zero-order valence-corrected chi connectivity index (χ0v) is 18.4. The molecule has 0 saturated carbocycles. The number of rotatable bonds is 7. The Hall–Kier alpha value is -3.07. The summed E-state index contributed by atoms with van der Waals surface area (Å²) in [6.45, 7) is 4.33. The molecule has 0 bridgehead atoms. The number of para-hydroxylation sites is 1. The van der Waals surface area contributed by atoms with E-state index >= 15 is 0 Å². The van der Waals surface area contributed by atoms with E-state index in [0.29, 0.717) is 6.42 Å². The average Bonchev–Trinajstić information content (AvgIpc) is 2.83. The van der Waals surface area contributed by atoms with Crippen LogP contribution in [-0.2, 0) is 4.79 Å². The predicted octanol–water partition coefficient (Wildman–Crippen LogP) is 6.41. The van der Waals surface area contributed by atoms with Crippen LogP contribution in [0.1, 0.15) is 68.2 Å². The Morgan fingerprint density at radius 2 is 1.45 bits per heavy atom. The van der Waals surface area contributed by atoms with Crippen LogP contribution in [0.5, 0.6) is 5.75 Å². The molecule has 0 fully saturated rings. The topological polar surface area (TPSA) is 38.3 Å². The number of amides is 1. The van der Waals surface area contributed by atoms with Crippen LogP contribution >= 0.6 is 0 Å². The van der Waals surface area contributed by atoms with Crippen molar-refractivity contribution in [1.29, 1.82) is 0 Å². The van der Waals surface area contributed by atoms with Gasteiger partial charge in [-0.15, -0.1) is 0 Å². The molecule has 0 radical (unpaired) electrons. The third kappa shape index (κ3) is 4.66. The van der Waals surface area contributed by atoms with E-state index in [1.807, 2.05) is 54.6 Å². The maximum atomic E-state index is 13.3. The van der Waals surface area contributed by atoms with Gasteiger partial charge in [-0.05, 0) is 30.0 Å². The first-order valence-electron chi connectivity index (χ1n) is 11.3. The van der Waals surface area contributed by atoms with Gasteiger partial charge in [0.05, 0.1) is 6.04 Å². The van der Waals surface area contributed by atoms with Crippen molar-refractivity contribution in [3.05, 3.63) is 102 Å². The van der Waals surface area contributed by atoms with Crippen LogP contribution in [0.2, 0.25) is 0 Å². The fourth-order valence-corrected chi connectivity index (χ4v) is 4.67. The second-order valence-corrected chi connectivity index (χ2v) is 8.43. The van der Waals surface area contributed by atoms with E-state index in [9.17, 15) is 4.79 Å². The summed E-state index contributed by atoms with van der Waals surface area (Å²) in [6.07, 6.45) is 3.05. The van der Waals surface area contributed by atoms with Gasteiger partial charge in [0.15, 0.2) is 0 Å². The van der Waals surface area contributed by atoms with Gasteiger partial charge in [0.1, 0.15) is 11.4 Å². The molecule has 3 heteroatoms. The lowest BCUT2D eigenvalue weighted by Crippen LogP contribution is -2.44. The monoisotopic (exact) mass is 413 g/mol. The van der Waals surface area contributed by atoms with Crippen molar-refractivity contribution < 1.29 is 9.53 Å². The van der Waals surface area contributed by atoms with Gasteiger partial charge in [-0.25, -0.2) is 0 Å². The molecule has 0 aliphatic carbocycles. The highest BCUT2D eigenvalue weighted by Gasteiger charge is 2.39. The first kappa shape index (κ1) is 21.2. The number of benzene rings is 3. The zero-order chi connectivity index (χ0) is 21.7. The van der Waals surface area contributed by atoms with Crippen molar-refractivity contribution in [3.8, 4) is 5.75 Å². The molecule has 0 saturated heterocycles. The number of carbonyl (C=O) groups is 1. The molecule has 31 heavy (non-hydrogen) atoms. The van der Waals surface area contributed by atoms with Gasteiger partial charge in [-0.3, -0.25) is 4.79 Å². The van der Waals surface area contributed by atoms with Gasteiger partial charge in [-0.2, -0.15) is 0 Å². The number of hydrogen-bond donors (Lipinski definition) is 1. The SMILES string of the molecule is CCC1(CC)C[C@@H](NC(=O)CC(c2ccccc2)c2ccccc2)c2ccccc2O1. The molecule has 1 aliphatic heterocycles. The highest BCUT2D eigenvalue weighted by Crippen LogP contribution is 2.42. The molecule has 1 heterocycles. The number of hydrogen-bond acceptors (Lipinski definition) is 2. The van der Waals surface area contributed by atoms with E-state index in [4.69, 9.17) is 4.74 Å². The van der Waals surface area contributed by atoms with E-state index in [2.05, 4.69) is 49.5 Å². The van der Waals surface area contributed by atoms with Gasteiger partial charge in [0, 0.05) is 24.3 Å². The Balaban J connectivity index is 1.58. The smallest absolute Gasteiger partial charge is 0.221 e. The third-order valence-electron chi connectivity index (χ3n) is 6.61. The fraction of sp³-hybridized carbons (Fsp3) is 0.321. The van der Waals surface area contributed by atoms with Crippen LogP contribution in [-0.4, -0.2) is 11.5 Å². The van der Waals surface area contributed by atoms with Crippen LogP contribution < -0.4 is 10.1 Å². The van der Waals surface area contributed by atoms with Crippen molar-refractivity contribution in [3.63, 3.8) is 0 Å². The van der Waals surface area contributed by atoms with E-state index in [0.717, 1.165) is 41.7 Å². The summed E-state index contributed by atoms with van der Waals surface area (Å²) >= 11 is 0. The molecule has 3 aromatic rings. The minimum Gasteiger partial charge on any atom is -0.487 e. The fourth-order valence-electron chi connectivity index (χ4n) is 4.67. The molecule has 0 spiro atoms. The molecule has 1 atom stereocenters. The van der Waals surface area contributed by atoms with Gasteiger partial charge >= 0.3 is 0 Å². The Morgan fingerprint density at radius 1 is 0.903 bits per heavy atom. The molecule has 0 unspecified atom stereocenters. The van der Waals surface area contributed by atoms with Gasteiger partial charge in [-0.1, -0.05) is 92.7 Å². The lowest BCUT2D eigenvalue weighted by atomic mass is 9.83. The Kier molecular flexibility index (Phi) is 6.41. The number of nitrogens with one attached hydrogen (secondary N) is 1. The summed E-state index contributed by atoms with van der Waals surface area (Å²) in [4.78, 5) is 13.3. The maximum absolute atomic E-state index is 13.3. The molecule has 3 aromatic carbocycles. The lowest BCUT2D eigenvalue weighted by Gasteiger charge is -2.41. The third-order valence-corrected chi connectivity index (χ3v) is 6.61. The van der Waals surface area contributed by atoms with Gasteiger partial charge in [0.25, 0.3) is 0 Å². The minimum atomic E-state index is -0.232. The summed E-state index contributed by atoms with van der Waals surface area (Å²) < 4.78 is 6.40. The van der Waals surface area contributed by atoms with Crippen LogP contribution in [0.4, 0.5) is 0 Å². The molecular formula is C28H31NO2.